The van der Waals surface area contributed by atoms with Crippen LogP contribution in [0.2, 0.25) is 0 Å². The van der Waals surface area contributed by atoms with Gasteiger partial charge in [0.05, 0.1) is 0 Å². The number of nitrogens with zero attached hydrogens (tertiary/aromatic N) is 1. The minimum Gasteiger partial charge on any atom is -0.445 e. The third kappa shape index (κ3) is 4.53. The number of benzene rings is 1. The van der Waals surface area contributed by atoms with Crippen LogP contribution in [-0.4, -0.2) is 37.2 Å². The van der Waals surface area contributed by atoms with Gasteiger partial charge in [-0.15, -0.1) is 0 Å². The molecule has 0 saturated carbocycles. The van der Waals surface area contributed by atoms with Crippen LogP contribution < -0.4 is 5.32 Å². The van der Waals surface area contributed by atoms with Crippen LogP contribution in [0, 0.1) is 5.92 Å². The van der Waals surface area contributed by atoms with E-state index >= 15 is 0 Å². The van der Waals surface area contributed by atoms with Crippen molar-refractivity contribution in [1.29, 1.82) is 0 Å². The van der Waals surface area contributed by atoms with Gasteiger partial charge in [-0.25, -0.2) is 4.79 Å². The second kappa shape index (κ2) is 7.90. The zero-order chi connectivity index (χ0) is 14.2. The number of nitrogens with one attached hydrogen (secondary N) is 1. The normalized spacial score (nSPS) is 15.8. The van der Waals surface area contributed by atoms with Crippen LogP contribution in [0.15, 0.2) is 30.3 Å². The van der Waals surface area contributed by atoms with Crippen LogP contribution in [-0.2, 0) is 11.3 Å². The highest BCUT2D eigenvalue weighted by Crippen LogP contribution is 2.14. The minimum atomic E-state index is -0.199. The van der Waals surface area contributed by atoms with E-state index in [4.69, 9.17) is 4.74 Å². The average Bonchev–Trinajstić information content (AvgIpc) is 2.52. The van der Waals surface area contributed by atoms with Gasteiger partial charge in [0.25, 0.3) is 0 Å². The summed E-state index contributed by atoms with van der Waals surface area (Å²) in [7, 11) is 0. The predicted molar refractivity (Wildman–Crippen MR) is 79.5 cm³/mol. The summed E-state index contributed by atoms with van der Waals surface area (Å²) >= 11 is 0. The highest BCUT2D eigenvalue weighted by molar-refractivity contribution is 5.67. The molecule has 1 aliphatic rings. The Hall–Kier alpha value is -1.55. The number of piperidine rings is 1. The Bertz CT molecular complexity index is 402. The van der Waals surface area contributed by atoms with E-state index < -0.39 is 0 Å². The van der Waals surface area contributed by atoms with Gasteiger partial charge >= 0.3 is 6.09 Å². The quantitative estimate of drug-likeness (QED) is 0.899. The first-order chi connectivity index (χ1) is 9.79. The van der Waals surface area contributed by atoms with Gasteiger partial charge in [0.2, 0.25) is 0 Å². The molecule has 1 aromatic carbocycles. The first-order valence-corrected chi connectivity index (χ1v) is 7.46. The molecular formula is C16H24N2O2. The van der Waals surface area contributed by atoms with E-state index in [2.05, 4.69) is 5.32 Å². The smallest absolute Gasteiger partial charge is 0.410 e. The first kappa shape index (κ1) is 14.9. The molecule has 1 heterocycles. The molecule has 0 radical (unpaired) electrons. The molecule has 0 unspecified atom stereocenters. The van der Waals surface area contributed by atoms with Crippen molar-refractivity contribution in [3.63, 3.8) is 0 Å². The van der Waals surface area contributed by atoms with E-state index in [1.165, 1.54) is 0 Å². The summed E-state index contributed by atoms with van der Waals surface area (Å²) < 4.78 is 5.39. The zero-order valence-electron chi connectivity index (χ0n) is 12.2. The molecule has 0 bridgehead atoms. The van der Waals surface area contributed by atoms with Crippen molar-refractivity contribution >= 4 is 6.09 Å². The molecule has 1 saturated heterocycles. The van der Waals surface area contributed by atoms with Gasteiger partial charge in [-0.3, -0.25) is 0 Å². The molecular weight excluding hydrogens is 252 g/mol. The summed E-state index contributed by atoms with van der Waals surface area (Å²) in [5.41, 5.74) is 1.03. The standard InChI is InChI=1S/C16H24N2O2/c1-2-18(12-14-8-10-17-11-9-14)16(19)20-13-15-6-4-3-5-7-15/h3-7,14,17H,2,8-13H2,1H3. The molecule has 4 nitrogen and oxygen atoms in total. The lowest BCUT2D eigenvalue weighted by Gasteiger charge is -2.28. The Morgan fingerprint density at radius 1 is 1.30 bits per heavy atom. The van der Waals surface area contributed by atoms with Crippen LogP contribution in [0.3, 0.4) is 0 Å². The first-order valence-electron chi connectivity index (χ1n) is 7.46. The molecule has 4 heteroatoms. The van der Waals surface area contributed by atoms with Crippen molar-refractivity contribution in [2.45, 2.75) is 26.4 Å². The van der Waals surface area contributed by atoms with Crippen molar-refractivity contribution in [1.82, 2.24) is 10.2 Å². The van der Waals surface area contributed by atoms with E-state index in [1.807, 2.05) is 42.2 Å². The number of carbonyl (C=O) groups is 1. The molecule has 2 rings (SSSR count). The minimum absolute atomic E-state index is 0.199. The number of rotatable bonds is 5. The van der Waals surface area contributed by atoms with Crippen molar-refractivity contribution in [3.8, 4) is 0 Å². The third-order valence-corrected chi connectivity index (χ3v) is 3.78. The zero-order valence-corrected chi connectivity index (χ0v) is 12.2. The lowest BCUT2D eigenvalue weighted by Crippen LogP contribution is -2.39. The van der Waals surface area contributed by atoms with Crippen LogP contribution in [0.5, 0.6) is 0 Å². The van der Waals surface area contributed by atoms with Crippen molar-refractivity contribution in [2.24, 2.45) is 5.92 Å². The molecule has 110 valence electrons. The Morgan fingerprint density at radius 3 is 2.65 bits per heavy atom. The van der Waals surface area contributed by atoms with Crippen LogP contribution in [0.4, 0.5) is 4.79 Å². The molecule has 0 atom stereocenters. The Labute approximate surface area is 121 Å². The van der Waals surface area contributed by atoms with E-state index in [9.17, 15) is 4.79 Å². The van der Waals surface area contributed by atoms with E-state index in [-0.39, 0.29) is 6.09 Å². The Balaban J connectivity index is 1.79. The third-order valence-electron chi connectivity index (χ3n) is 3.78. The number of hydrogen-bond acceptors (Lipinski definition) is 3. The maximum absolute atomic E-state index is 12.1. The number of hydrogen-bond donors (Lipinski definition) is 1. The van der Waals surface area contributed by atoms with Crippen LogP contribution >= 0.6 is 0 Å². The fourth-order valence-corrected chi connectivity index (χ4v) is 2.52. The monoisotopic (exact) mass is 276 g/mol. The highest BCUT2D eigenvalue weighted by Gasteiger charge is 2.20. The van der Waals surface area contributed by atoms with Gasteiger partial charge in [-0.05, 0) is 44.3 Å². The Morgan fingerprint density at radius 2 is 2.00 bits per heavy atom. The second-order valence-electron chi connectivity index (χ2n) is 5.27. The van der Waals surface area contributed by atoms with Gasteiger partial charge in [-0.2, -0.15) is 0 Å². The van der Waals surface area contributed by atoms with Gasteiger partial charge in [0.15, 0.2) is 0 Å². The van der Waals surface area contributed by atoms with Crippen LogP contribution in [0.1, 0.15) is 25.3 Å². The van der Waals surface area contributed by atoms with Crippen molar-refractivity contribution < 1.29 is 9.53 Å². The summed E-state index contributed by atoms with van der Waals surface area (Å²) in [4.78, 5) is 13.9. The molecule has 1 fully saturated rings. The fraction of sp³-hybridized carbons (Fsp3) is 0.562. The molecule has 1 amide bonds. The molecule has 0 aromatic heterocycles. The summed E-state index contributed by atoms with van der Waals surface area (Å²) in [5.74, 6) is 0.598. The molecule has 0 spiro atoms. The second-order valence-corrected chi connectivity index (χ2v) is 5.27. The maximum Gasteiger partial charge on any atom is 0.410 e. The van der Waals surface area contributed by atoms with Gasteiger partial charge in [0, 0.05) is 13.1 Å². The molecule has 1 N–H and O–H groups in total. The Kier molecular flexibility index (Phi) is 5.87. The SMILES string of the molecule is CCN(CC1CCNCC1)C(=O)OCc1ccccc1. The topological polar surface area (TPSA) is 41.6 Å². The fourth-order valence-electron chi connectivity index (χ4n) is 2.52. The van der Waals surface area contributed by atoms with Gasteiger partial charge in [-0.1, -0.05) is 30.3 Å². The maximum atomic E-state index is 12.1. The highest BCUT2D eigenvalue weighted by atomic mass is 16.6. The average molecular weight is 276 g/mol. The summed E-state index contributed by atoms with van der Waals surface area (Å²) in [6.45, 7) is 5.99. The van der Waals surface area contributed by atoms with Crippen molar-refractivity contribution in [3.05, 3.63) is 35.9 Å². The summed E-state index contributed by atoms with van der Waals surface area (Å²) in [6.07, 6.45) is 2.08. The number of ether oxygens (including phenoxy) is 1. The molecule has 0 aliphatic carbocycles. The summed E-state index contributed by atoms with van der Waals surface area (Å²) in [6, 6.07) is 9.80. The van der Waals surface area contributed by atoms with Crippen LogP contribution in [0.25, 0.3) is 0 Å². The van der Waals surface area contributed by atoms with E-state index in [1.54, 1.807) is 0 Å². The number of amides is 1. The van der Waals surface area contributed by atoms with E-state index in [0.29, 0.717) is 19.1 Å². The van der Waals surface area contributed by atoms with Gasteiger partial charge < -0.3 is 15.0 Å². The molecule has 1 aliphatic heterocycles. The molecule has 1 aromatic rings. The number of carbonyl (C=O) groups excluding carboxylic acids is 1. The lowest BCUT2D eigenvalue weighted by molar-refractivity contribution is 0.0897. The van der Waals surface area contributed by atoms with Gasteiger partial charge in [0.1, 0.15) is 6.61 Å². The largest absolute Gasteiger partial charge is 0.445 e. The van der Waals surface area contributed by atoms with E-state index in [0.717, 1.165) is 38.0 Å². The van der Waals surface area contributed by atoms with Crippen molar-refractivity contribution in [2.75, 3.05) is 26.2 Å². The lowest BCUT2D eigenvalue weighted by atomic mass is 9.98. The predicted octanol–water partition coefficient (Wildman–Crippen LogP) is 2.64. The molecule has 20 heavy (non-hydrogen) atoms. The summed E-state index contributed by atoms with van der Waals surface area (Å²) in [5, 5.41) is 3.35.